The molecule has 0 spiro atoms. The number of anilines is 2. The lowest BCUT2D eigenvalue weighted by Gasteiger charge is -2.33. The predicted molar refractivity (Wildman–Crippen MR) is 152 cm³/mol. The van der Waals surface area contributed by atoms with Crippen LogP contribution in [0, 0.1) is 0 Å². The highest BCUT2D eigenvalue weighted by Crippen LogP contribution is 2.44. The molecule has 0 aromatic heterocycles. The maximum atomic E-state index is 14.0. The molecule has 1 heterocycles. The SMILES string of the molecule is C=CCN1c2ccc(Cl)cc2C(c2ccccc2)=C(C(=O)Nc2ccccc2Oc2ccccc2)S1(=O)=O. The van der Waals surface area contributed by atoms with Crippen molar-refractivity contribution >= 4 is 44.5 Å². The second kappa shape index (κ2) is 10.6. The fourth-order valence-electron chi connectivity index (χ4n) is 4.31. The molecule has 0 unspecified atom stereocenters. The smallest absolute Gasteiger partial charge is 0.270 e. The molecule has 5 rings (SSSR count). The van der Waals surface area contributed by atoms with Crippen LogP contribution in [-0.4, -0.2) is 20.9 Å². The van der Waals surface area contributed by atoms with E-state index in [4.69, 9.17) is 16.3 Å². The maximum Gasteiger partial charge on any atom is 0.270 e. The quantitative estimate of drug-likeness (QED) is 0.259. The van der Waals surface area contributed by atoms with E-state index in [9.17, 15) is 13.2 Å². The molecule has 4 aromatic carbocycles. The highest BCUT2D eigenvalue weighted by Gasteiger charge is 2.41. The molecule has 190 valence electrons. The third-order valence-electron chi connectivity index (χ3n) is 5.94. The third-order valence-corrected chi connectivity index (χ3v) is 8.01. The number of fused-ring (bicyclic) bond motifs is 1. The molecule has 6 nitrogen and oxygen atoms in total. The van der Waals surface area contributed by atoms with E-state index in [0.717, 1.165) is 0 Å². The van der Waals surface area contributed by atoms with Gasteiger partial charge in [0.1, 0.15) is 5.75 Å². The third kappa shape index (κ3) is 4.81. The number of hydrogen-bond donors (Lipinski definition) is 1. The summed E-state index contributed by atoms with van der Waals surface area (Å²) in [6, 6.07) is 29.8. The molecule has 8 heteroatoms. The number of ether oxygens (including phenoxy) is 1. The molecule has 0 atom stereocenters. The van der Waals surface area contributed by atoms with Crippen LogP contribution in [-0.2, 0) is 14.8 Å². The predicted octanol–water partition coefficient (Wildman–Crippen LogP) is 6.87. The summed E-state index contributed by atoms with van der Waals surface area (Å²) in [4.78, 5) is 13.5. The number of rotatable bonds is 7. The number of amides is 1. The van der Waals surface area contributed by atoms with Gasteiger partial charge in [0, 0.05) is 16.2 Å². The first-order valence-electron chi connectivity index (χ1n) is 11.8. The Hall–Kier alpha value is -4.33. The van der Waals surface area contributed by atoms with Crippen LogP contribution in [0.1, 0.15) is 11.1 Å². The summed E-state index contributed by atoms with van der Waals surface area (Å²) in [6.45, 7) is 3.69. The average Bonchev–Trinajstić information content (AvgIpc) is 2.92. The van der Waals surface area contributed by atoms with Crippen molar-refractivity contribution in [1.82, 2.24) is 0 Å². The van der Waals surface area contributed by atoms with Crippen LogP contribution in [0.15, 0.2) is 121 Å². The van der Waals surface area contributed by atoms with E-state index in [0.29, 0.717) is 39.0 Å². The first-order chi connectivity index (χ1) is 18.4. The molecule has 1 aliphatic rings. The number of carbonyl (C=O) groups is 1. The minimum Gasteiger partial charge on any atom is -0.455 e. The van der Waals surface area contributed by atoms with E-state index in [2.05, 4.69) is 11.9 Å². The van der Waals surface area contributed by atoms with Crippen molar-refractivity contribution in [3.8, 4) is 11.5 Å². The van der Waals surface area contributed by atoms with Crippen LogP contribution < -0.4 is 14.4 Å². The second-order valence-corrected chi connectivity index (χ2v) is 10.7. The number of nitrogens with one attached hydrogen (secondary N) is 1. The van der Waals surface area contributed by atoms with Gasteiger partial charge in [-0.25, -0.2) is 8.42 Å². The second-order valence-electron chi connectivity index (χ2n) is 8.42. The zero-order chi connectivity index (χ0) is 26.7. The van der Waals surface area contributed by atoms with Crippen molar-refractivity contribution in [2.45, 2.75) is 0 Å². The van der Waals surface area contributed by atoms with Crippen LogP contribution in [0.5, 0.6) is 11.5 Å². The molecule has 4 aromatic rings. The number of carbonyl (C=O) groups excluding carboxylic acids is 1. The Labute approximate surface area is 226 Å². The molecule has 1 N–H and O–H groups in total. The van der Waals surface area contributed by atoms with E-state index in [1.807, 2.05) is 24.3 Å². The Morgan fingerprint density at radius 2 is 1.58 bits per heavy atom. The largest absolute Gasteiger partial charge is 0.455 e. The molecular weight excluding hydrogens is 520 g/mol. The van der Waals surface area contributed by atoms with Crippen molar-refractivity contribution in [1.29, 1.82) is 0 Å². The minimum atomic E-state index is -4.30. The topological polar surface area (TPSA) is 75.7 Å². The van der Waals surface area contributed by atoms with Gasteiger partial charge in [-0.3, -0.25) is 9.10 Å². The average molecular weight is 543 g/mol. The number of nitrogens with zero attached hydrogens (tertiary/aromatic N) is 1. The van der Waals surface area contributed by atoms with Crippen LogP contribution >= 0.6 is 11.6 Å². The lowest BCUT2D eigenvalue weighted by Crippen LogP contribution is -2.39. The van der Waals surface area contributed by atoms with Crippen LogP contribution in [0.3, 0.4) is 0 Å². The fraction of sp³-hybridized carbons (Fsp3) is 0.0333. The number of hydrogen-bond acceptors (Lipinski definition) is 4. The van der Waals surface area contributed by atoms with Crippen LogP contribution in [0.25, 0.3) is 5.57 Å². The molecule has 1 aliphatic heterocycles. The molecule has 0 saturated carbocycles. The van der Waals surface area contributed by atoms with Gasteiger partial charge in [0.2, 0.25) is 0 Å². The van der Waals surface area contributed by atoms with Crippen LogP contribution in [0.4, 0.5) is 11.4 Å². The zero-order valence-electron chi connectivity index (χ0n) is 20.2. The van der Waals surface area contributed by atoms with Crippen LogP contribution in [0.2, 0.25) is 5.02 Å². The Balaban J connectivity index is 1.68. The summed E-state index contributed by atoms with van der Waals surface area (Å²) in [7, 11) is -4.30. The molecular formula is C30H23ClN2O4S. The van der Waals surface area contributed by atoms with E-state index >= 15 is 0 Å². The van der Waals surface area contributed by atoms with E-state index in [1.165, 1.54) is 10.4 Å². The molecule has 0 aliphatic carbocycles. The summed E-state index contributed by atoms with van der Waals surface area (Å²) in [5, 5.41) is 3.19. The van der Waals surface area contributed by atoms with E-state index in [1.54, 1.807) is 78.9 Å². The Morgan fingerprint density at radius 3 is 2.29 bits per heavy atom. The molecule has 1 amide bonds. The van der Waals surface area contributed by atoms with Crippen molar-refractivity contribution in [3.05, 3.63) is 137 Å². The Morgan fingerprint density at radius 1 is 0.921 bits per heavy atom. The van der Waals surface area contributed by atoms with Gasteiger partial charge < -0.3 is 10.1 Å². The van der Waals surface area contributed by atoms with Crippen molar-refractivity contribution in [3.63, 3.8) is 0 Å². The number of para-hydroxylation sites is 3. The summed E-state index contributed by atoms with van der Waals surface area (Å²) in [5.41, 5.74) is 2.10. The highest BCUT2D eigenvalue weighted by atomic mass is 35.5. The van der Waals surface area contributed by atoms with E-state index < -0.39 is 20.8 Å². The molecule has 38 heavy (non-hydrogen) atoms. The molecule has 0 radical (unpaired) electrons. The van der Waals surface area contributed by atoms with Crippen molar-refractivity contribution in [2.75, 3.05) is 16.2 Å². The summed E-state index contributed by atoms with van der Waals surface area (Å²) < 4.78 is 35.2. The summed E-state index contributed by atoms with van der Waals surface area (Å²) in [5.74, 6) is 0.144. The number of sulfonamides is 1. The Bertz CT molecular complexity index is 1650. The molecule has 0 bridgehead atoms. The molecule has 0 fully saturated rings. The molecule has 0 saturated heterocycles. The van der Waals surface area contributed by atoms with Gasteiger partial charge in [-0.05, 0) is 48.0 Å². The minimum absolute atomic E-state index is 0.0243. The van der Waals surface area contributed by atoms with Crippen molar-refractivity contribution in [2.24, 2.45) is 0 Å². The first-order valence-corrected chi connectivity index (χ1v) is 13.6. The Kier molecular flexibility index (Phi) is 7.05. The highest BCUT2D eigenvalue weighted by molar-refractivity contribution is 7.97. The van der Waals surface area contributed by atoms with Gasteiger partial charge in [-0.1, -0.05) is 78.3 Å². The zero-order valence-corrected chi connectivity index (χ0v) is 21.7. The normalized spacial score (nSPS) is 14.0. The van der Waals surface area contributed by atoms with Gasteiger partial charge in [0.25, 0.3) is 15.9 Å². The van der Waals surface area contributed by atoms with E-state index in [-0.39, 0.29) is 12.1 Å². The van der Waals surface area contributed by atoms with Gasteiger partial charge in [0.15, 0.2) is 10.7 Å². The lowest BCUT2D eigenvalue weighted by molar-refractivity contribution is -0.112. The fourth-order valence-corrected chi connectivity index (χ4v) is 6.19. The number of benzene rings is 4. The van der Waals surface area contributed by atoms with Crippen molar-refractivity contribution < 1.29 is 17.9 Å². The summed E-state index contributed by atoms with van der Waals surface area (Å²) >= 11 is 6.35. The monoisotopic (exact) mass is 542 g/mol. The van der Waals surface area contributed by atoms with Gasteiger partial charge in [-0.2, -0.15) is 0 Å². The van der Waals surface area contributed by atoms with Gasteiger partial charge >= 0.3 is 0 Å². The maximum absolute atomic E-state index is 14.0. The summed E-state index contributed by atoms with van der Waals surface area (Å²) in [6.07, 6.45) is 1.47. The lowest BCUT2D eigenvalue weighted by atomic mass is 9.95. The standard InChI is InChI=1S/C30H23ClN2O4S/c1-2-19-33-26-18-17-22(31)20-24(26)28(21-11-5-3-6-12-21)29(38(33,35)36)30(34)32-25-15-9-10-16-27(25)37-23-13-7-4-8-14-23/h2-18,20H,1,19H2,(H,32,34). The first kappa shape index (κ1) is 25.3. The number of halogens is 1. The van der Waals surface area contributed by atoms with Gasteiger partial charge in [0.05, 0.1) is 17.9 Å². The van der Waals surface area contributed by atoms with Gasteiger partial charge in [-0.15, -0.1) is 6.58 Å².